The van der Waals surface area contributed by atoms with Gasteiger partial charge in [0.25, 0.3) is 0 Å². The molecule has 0 aromatic heterocycles. The van der Waals surface area contributed by atoms with E-state index in [0.717, 1.165) is 50.6 Å². The summed E-state index contributed by atoms with van der Waals surface area (Å²) < 4.78 is 11.2. The fraction of sp³-hybridized carbons (Fsp3) is 0.632. The maximum atomic E-state index is 12.1. The molecule has 6 heteroatoms. The zero-order valence-corrected chi connectivity index (χ0v) is 15.4. The Morgan fingerprint density at radius 3 is 2.88 bits per heavy atom. The monoisotopic (exact) mass is 349 g/mol. The molecule has 1 aromatic rings. The fourth-order valence-corrected chi connectivity index (χ4v) is 2.68. The van der Waals surface area contributed by atoms with Gasteiger partial charge in [0, 0.05) is 26.2 Å². The second-order valence-electron chi connectivity index (χ2n) is 6.58. The van der Waals surface area contributed by atoms with E-state index in [0.29, 0.717) is 13.2 Å². The number of ether oxygens (including phenoxy) is 2. The van der Waals surface area contributed by atoms with Crippen molar-refractivity contribution in [1.29, 1.82) is 0 Å². The molecular formula is C19H31N3O3. The molecule has 1 aromatic carbocycles. The van der Waals surface area contributed by atoms with Gasteiger partial charge in [-0.2, -0.15) is 0 Å². The average molecular weight is 349 g/mol. The van der Waals surface area contributed by atoms with E-state index >= 15 is 0 Å². The van der Waals surface area contributed by atoms with E-state index in [4.69, 9.17) is 15.2 Å². The van der Waals surface area contributed by atoms with E-state index in [1.54, 1.807) is 0 Å². The molecule has 1 heterocycles. The summed E-state index contributed by atoms with van der Waals surface area (Å²) in [5.74, 6) is 0.897. The van der Waals surface area contributed by atoms with E-state index in [1.165, 1.54) is 0 Å². The molecule has 6 nitrogen and oxygen atoms in total. The van der Waals surface area contributed by atoms with Crippen molar-refractivity contribution in [2.45, 2.75) is 32.9 Å². The lowest BCUT2D eigenvalue weighted by atomic mass is 9.99. The minimum Gasteiger partial charge on any atom is -0.492 e. The molecule has 2 rings (SSSR count). The number of rotatable bonds is 9. The van der Waals surface area contributed by atoms with Crippen molar-refractivity contribution in [3.8, 4) is 5.75 Å². The van der Waals surface area contributed by atoms with Crippen molar-refractivity contribution in [2.75, 3.05) is 39.5 Å². The Balaban J connectivity index is 1.75. The van der Waals surface area contributed by atoms with Gasteiger partial charge in [-0.3, -0.25) is 9.69 Å². The number of carbonyl (C=O) groups is 1. The SMILES string of the molecule is CCC(C)C(N)C(=O)NCc1cccc(OCCN2CCOCC2)c1. The van der Waals surface area contributed by atoms with Gasteiger partial charge in [0.1, 0.15) is 12.4 Å². The normalized spacial score (nSPS) is 17.7. The number of nitrogens with one attached hydrogen (secondary N) is 1. The minimum absolute atomic E-state index is 0.104. The van der Waals surface area contributed by atoms with Crippen LogP contribution in [-0.4, -0.2) is 56.3 Å². The van der Waals surface area contributed by atoms with Crippen LogP contribution in [0.5, 0.6) is 5.75 Å². The van der Waals surface area contributed by atoms with Gasteiger partial charge in [0.05, 0.1) is 19.3 Å². The van der Waals surface area contributed by atoms with E-state index in [1.807, 2.05) is 38.1 Å². The van der Waals surface area contributed by atoms with Crippen LogP contribution < -0.4 is 15.8 Å². The highest BCUT2D eigenvalue weighted by Gasteiger charge is 2.18. The first kappa shape index (κ1) is 19.7. The number of nitrogens with zero attached hydrogens (tertiary/aromatic N) is 1. The quantitative estimate of drug-likeness (QED) is 0.704. The smallest absolute Gasteiger partial charge is 0.237 e. The summed E-state index contributed by atoms with van der Waals surface area (Å²) in [7, 11) is 0. The van der Waals surface area contributed by atoms with Crippen LogP contribution in [-0.2, 0) is 16.1 Å². The van der Waals surface area contributed by atoms with Gasteiger partial charge in [0.15, 0.2) is 0 Å². The van der Waals surface area contributed by atoms with Gasteiger partial charge in [-0.15, -0.1) is 0 Å². The van der Waals surface area contributed by atoms with Crippen molar-refractivity contribution in [1.82, 2.24) is 10.2 Å². The van der Waals surface area contributed by atoms with Crippen molar-refractivity contribution in [2.24, 2.45) is 11.7 Å². The lowest BCUT2D eigenvalue weighted by molar-refractivity contribution is -0.123. The van der Waals surface area contributed by atoms with E-state index in [9.17, 15) is 4.79 Å². The van der Waals surface area contributed by atoms with Crippen LogP contribution in [0.25, 0.3) is 0 Å². The van der Waals surface area contributed by atoms with Gasteiger partial charge in [-0.05, 0) is 23.6 Å². The van der Waals surface area contributed by atoms with E-state index in [-0.39, 0.29) is 11.8 Å². The van der Waals surface area contributed by atoms with Crippen LogP contribution in [0.1, 0.15) is 25.8 Å². The first-order chi connectivity index (χ1) is 12.1. The Bertz CT molecular complexity index is 532. The molecule has 0 bridgehead atoms. The fourth-order valence-electron chi connectivity index (χ4n) is 2.68. The van der Waals surface area contributed by atoms with Gasteiger partial charge in [-0.1, -0.05) is 32.4 Å². The van der Waals surface area contributed by atoms with Crippen molar-refractivity contribution in [3.63, 3.8) is 0 Å². The summed E-state index contributed by atoms with van der Waals surface area (Å²) in [5, 5.41) is 2.91. The molecule has 1 fully saturated rings. The highest BCUT2D eigenvalue weighted by molar-refractivity contribution is 5.81. The van der Waals surface area contributed by atoms with Crippen LogP contribution in [0.15, 0.2) is 24.3 Å². The second-order valence-corrected chi connectivity index (χ2v) is 6.58. The van der Waals surface area contributed by atoms with Crippen molar-refractivity contribution < 1.29 is 14.3 Å². The summed E-state index contributed by atoms with van der Waals surface area (Å²) >= 11 is 0. The van der Waals surface area contributed by atoms with Gasteiger partial charge < -0.3 is 20.5 Å². The maximum absolute atomic E-state index is 12.1. The first-order valence-electron chi connectivity index (χ1n) is 9.15. The Morgan fingerprint density at radius 1 is 1.40 bits per heavy atom. The topological polar surface area (TPSA) is 76.8 Å². The molecule has 2 atom stereocenters. The standard InChI is InChI=1S/C19H31N3O3/c1-3-15(2)18(20)19(23)21-14-16-5-4-6-17(13-16)25-12-9-22-7-10-24-11-8-22/h4-6,13,15,18H,3,7-12,14,20H2,1-2H3,(H,21,23). The maximum Gasteiger partial charge on any atom is 0.237 e. The molecule has 140 valence electrons. The van der Waals surface area contributed by atoms with Crippen LogP contribution >= 0.6 is 0 Å². The molecule has 3 N–H and O–H groups in total. The summed E-state index contributed by atoms with van der Waals surface area (Å²) in [4.78, 5) is 14.4. The third-order valence-corrected chi connectivity index (χ3v) is 4.70. The molecule has 0 spiro atoms. The number of amides is 1. The molecule has 1 saturated heterocycles. The van der Waals surface area contributed by atoms with Gasteiger partial charge >= 0.3 is 0 Å². The summed E-state index contributed by atoms with van der Waals surface area (Å²) in [6.45, 7) is 9.56. The predicted molar refractivity (Wildman–Crippen MR) is 98.5 cm³/mol. The third kappa shape index (κ3) is 6.65. The Morgan fingerprint density at radius 2 is 2.16 bits per heavy atom. The van der Waals surface area contributed by atoms with Crippen LogP contribution in [0.3, 0.4) is 0 Å². The molecule has 0 saturated carbocycles. The second kappa shape index (κ2) is 10.4. The number of morpholine rings is 1. The van der Waals surface area contributed by atoms with Crippen molar-refractivity contribution >= 4 is 5.91 Å². The lowest BCUT2D eigenvalue weighted by Crippen LogP contribution is -2.44. The van der Waals surface area contributed by atoms with Crippen LogP contribution in [0.2, 0.25) is 0 Å². The van der Waals surface area contributed by atoms with Gasteiger partial charge in [-0.25, -0.2) is 0 Å². The molecule has 2 unspecified atom stereocenters. The molecule has 0 radical (unpaired) electrons. The van der Waals surface area contributed by atoms with Gasteiger partial charge in [0.2, 0.25) is 5.91 Å². The number of nitrogens with two attached hydrogens (primary N) is 1. The molecule has 25 heavy (non-hydrogen) atoms. The largest absolute Gasteiger partial charge is 0.492 e. The highest BCUT2D eigenvalue weighted by Crippen LogP contribution is 2.14. The summed E-state index contributed by atoms with van der Waals surface area (Å²) in [6, 6.07) is 7.37. The first-order valence-corrected chi connectivity index (χ1v) is 9.15. The molecular weight excluding hydrogens is 318 g/mol. The number of carbonyl (C=O) groups excluding carboxylic acids is 1. The molecule has 1 aliphatic heterocycles. The Hall–Kier alpha value is -1.63. The summed E-state index contributed by atoms with van der Waals surface area (Å²) in [6.07, 6.45) is 0.890. The van der Waals surface area contributed by atoms with E-state index < -0.39 is 6.04 Å². The minimum atomic E-state index is -0.460. The van der Waals surface area contributed by atoms with E-state index in [2.05, 4.69) is 10.2 Å². The zero-order chi connectivity index (χ0) is 18.1. The number of hydrogen-bond acceptors (Lipinski definition) is 5. The summed E-state index contributed by atoms with van der Waals surface area (Å²) in [5.41, 5.74) is 6.96. The number of hydrogen-bond donors (Lipinski definition) is 2. The van der Waals surface area contributed by atoms with Crippen molar-refractivity contribution in [3.05, 3.63) is 29.8 Å². The average Bonchev–Trinajstić information content (AvgIpc) is 2.66. The molecule has 0 aliphatic carbocycles. The molecule has 1 aliphatic rings. The predicted octanol–water partition coefficient (Wildman–Crippen LogP) is 1.39. The van der Waals surface area contributed by atoms with Crippen LogP contribution in [0.4, 0.5) is 0 Å². The Kier molecular flexibility index (Phi) is 8.18. The highest BCUT2D eigenvalue weighted by atomic mass is 16.5. The Labute approximate surface area is 150 Å². The third-order valence-electron chi connectivity index (χ3n) is 4.70. The van der Waals surface area contributed by atoms with Crippen LogP contribution in [0, 0.1) is 5.92 Å². The number of benzene rings is 1. The lowest BCUT2D eigenvalue weighted by Gasteiger charge is -2.26. The zero-order valence-electron chi connectivity index (χ0n) is 15.4. The molecule has 1 amide bonds.